The van der Waals surface area contributed by atoms with Gasteiger partial charge in [-0.3, -0.25) is 4.79 Å². The lowest BCUT2D eigenvalue weighted by atomic mass is 9.95. The number of fused-ring (bicyclic) bond motifs is 2. The molecule has 2 bridgehead atoms. The third-order valence-corrected chi connectivity index (χ3v) is 4.37. The smallest absolute Gasteiger partial charge is 0.236 e. The molecule has 3 atom stereocenters. The molecule has 92 valence electrons. The topological polar surface area (TPSA) is 32.3 Å². The highest BCUT2D eigenvalue weighted by Crippen LogP contribution is 2.44. The fraction of sp³-hybridized carbons (Fsp3) is 0.923. The molecule has 1 amide bonds. The second-order valence-electron chi connectivity index (χ2n) is 5.23. The zero-order valence-corrected chi connectivity index (χ0v) is 10.5. The first-order valence-electron chi connectivity index (χ1n) is 6.75. The van der Waals surface area contributed by atoms with E-state index in [-0.39, 0.29) is 5.91 Å². The van der Waals surface area contributed by atoms with E-state index in [1.54, 1.807) is 0 Å². The van der Waals surface area contributed by atoms with Gasteiger partial charge >= 0.3 is 0 Å². The van der Waals surface area contributed by atoms with Gasteiger partial charge in [0.05, 0.1) is 6.54 Å². The van der Waals surface area contributed by atoms with Gasteiger partial charge in [0.15, 0.2) is 0 Å². The largest absolute Gasteiger partial charge is 0.342 e. The molecule has 0 aromatic rings. The molecule has 2 fully saturated rings. The molecule has 2 aliphatic rings. The van der Waals surface area contributed by atoms with Crippen molar-refractivity contribution < 1.29 is 4.79 Å². The lowest BCUT2D eigenvalue weighted by molar-refractivity contribution is -0.130. The molecule has 0 saturated heterocycles. The molecule has 2 saturated carbocycles. The maximum absolute atomic E-state index is 11.8. The second-order valence-corrected chi connectivity index (χ2v) is 5.23. The summed E-state index contributed by atoms with van der Waals surface area (Å²) in [5.74, 6) is 2.06. The van der Waals surface area contributed by atoms with E-state index >= 15 is 0 Å². The number of hydrogen-bond donors (Lipinski definition) is 1. The van der Waals surface area contributed by atoms with Crippen LogP contribution in [0.5, 0.6) is 0 Å². The summed E-state index contributed by atoms with van der Waals surface area (Å²) in [6, 6.07) is 0.623. The molecule has 0 heterocycles. The number of carbonyl (C=O) groups excluding carboxylic acids is 1. The van der Waals surface area contributed by atoms with E-state index < -0.39 is 0 Å². The van der Waals surface area contributed by atoms with Crippen LogP contribution in [0.2, 0.25) is 0 Å². The van der Waals surface area contributed by atoms with Gasteiger partial charge in [-0.1, -0.05) is 6.42 Å². The molecular formula is C13H24N2O. The van der Waals surface area contributed by atoms with Crippen molar-refractivity contribution in [3.63, 3.8) is 0 Å². The van der Waals surface area contributed by atoms with Crippen LogP contribution in [0.4, 0.5) is 0 Å². The Hall–Kier alpha value is -0.570. The van der Waals surface area contributed by atoms with E-state index in [0.29, 0.717) is 12.6 Å². The van der Waals surface area contributed by atoms with E-state index in [1.807, 2.05) is 18.7 Å². The van der Waals surface area contributed by atoms with Gasteiger partial charge in [0.2, 0.25) is 5.91 Å². The quantitative estimate of drug-likeness (QED) is 0.770. The van der Waals surface area contributed by atoms with Crippen LogP contribution in [0.3, 0.4) is 0 Å². The van der Waals surface area contributed by atoms with Crippen LogP contribution in [-0.2, 0) is 4.79 Å². The van der Waals surface area contributed by atoms with Crippen LogP contribution in [0, 0.1) is 11.8 Å². The molecule has 3 nitrogen and oxygen atoms in total. The van der Waals surface area contributed by atoms with Crippen LogP contribution in [0.15, 0.2) is 0 Å². The number of hydrogen-bond acceptors (Lipinski definition) is 2. The fourth-order valence-corrected chi connectivity index (χ4v) is 3.40. The maximum atomic E-state index is 11.8. The number of nitrogens with one attached hydrogen (secondary N) is 1. The zero-order chi connectivity index (χ0) is 11.5. The Bertz CT molecular complexity index is 250. The first-order chi connectivity index (χ1) is 7.74. The van der Waals surface area contributed by atoms with Crippen LogP contribution >= 0.6 is 0 Å². The van der Waals surface area contributed by atoms with E-state index in [4.69, 9.17) is 0 Å². The highest BCUT2D eigenvalue weighted by atomic mass is 16.2. The van der Waals surface area contributed by atoms with Crippen molar-refractivity contribution >= 4 is 5.91 Å². The monoisotopic (exact) mass is 224 g/mol. The van der Waals surface area contributed by atoms with E-state index in [0.717, 1.165) is 24.9 Å². The third-order valence-electron chi connectivity index (χ3n) is 4.37. The summed E-state index contributed by atoms with van der Waals surface area (Å²) in [6.07, 6.45) is 5.50. The van der Waals surface area contributed by atoms with Crippen molar-refractivity contribution in [1.82, 2.24) is 10.2 Å². The molecule has 0 aromatic heterocycles. The minimum Gasteiger partial charge on any atom is -0.342 e. The first-order valence-corrected chi connectivity index (χ1v) is 6.75. The molecule has 3 unspecified atom stereocenters. The van der Waals surface area contributed by atoms with Crippen LogP contribution in [0.25, 0.3) is 0 Å². The average Bonchev–Trinajstić information content (AvgIpc) is 2.89. The minimum atomic E-state index is 0.257. The summed E-state index contributed by atoms with van der Waals surface area (Å²) in [5.41, 5.74) is 0. The predicted octanol–water partition coefficient (Wildman–Crippen LogP) is 1.63. The molecular weight excluding hydrogens is 200 g/mol. The Morgan fingerprint density at radius 2 is 2.00 bits per heavy atom. The summed E-state index contributed by atoms with van der Waals surface area (Å²) in [7, 11) is 0. The predicted molar refractivity (Wildman–Crippen MR) is 65.2 cm³/mol. The van der Waals surface area contributed by atoms with Gasteiger partial charge in [0.25, 0.3) is 0 Å². The number of rotatable bonds is 5. The van der Waals surface area contributed by atoms with Crippen molar-refractivity contribution in [2.24, 2.45) is 11.8 Å². The van der Waals surface area contributed by atoms with Gasteiger partial charge in [-0.15, -0.1) is 0 Å². The number of carbonyl (C=O) groups is 1. The van der Waals surface area contributed by atoms with E-state index in [1.165, 1.54) is 25.7 Å². The van der Waals surface area contributed by atoms with Gasteiger partial charge in [0, 0.05) is 19.1 Å². The summed E-state index contributed by atoms with van der Waals surface area (Å²) in [4.78, 5) is 13.7. The van der Waals surface area contributed by atoms with E-state index in [9.17, 15) is 4.79 Å². The number of nitrogens with zero attached hydrogens (tertiary/aromatic N) is 1. The molecule has 0 spiro atoms. The summed E-state index contributed by atoms with van der Waals surface area (Å²) in [5, 5.41) is 3.47. The van der Waals surface area contributed by atoms with Crippen molar-refractivity contribution in [2.75, 3.05) is 19.6 Å². The minimum absolute atomic E-state index is 0.257. The average molecular weight is 224 g/mol. The maximum Gasteiger partial charge on any atom is 0.236 e. The van der Waals surface area contributed by atoms with Crippen molar-refractivity contribution in [3.8, 4) is 0 Å². The molecule has 0 radical (unpaired) electrons. The van der Waals surface area contributed by atoms with Gasteiger partial charge in [-0.05, 0) is 44.9 Å². The Balaban J connectivity index is 1.73. The molecule has 1 N–H and O–H groups in total. The molecule has 2 aliphatic carbocycles. The highest BCUT2D eigenvalue weighted by molar-refractivity contribution is 5.78. The van der Waals surface area contributed by atoms with Crippen LogP contribution < -0.4 is 5.32 Å². The summed E-state index contributed by atoms with van der Waals surface area (Å²) in [6.45, 7) is 6.27. The van der Waals surface area contributed by atoms with Gasteiger partial charge in [0.1, 0.15) is 0 Å². The van der Waals surface area contributed by atoms with E-state index in [2.05, 4.69) is 5.32 Å². The van der Waals surface area contributed by atoms with Crippen molar-refractivity contribution in [2.45, 2.75) is 45.6 Å². The van der Waals surface area contributed by atoms with Gasteiger partial charge in [-0.25, -0.2) is 0 Å². The zero-order valence-electron chi connectivity index (χ0n) is 10.5. The third kappa shape index (κ3) is 2.40. The SMILES string of the molecule is CCN(CC)C(=O)CNC1CC2CCC1C2. The molecule has 0 aliphatic heterocycles. The standard InChI is InChI=1S/C13H24N2O/c1-3-15(4-2)13(16)9-14-12-8-10-5-6-11(12)7-10/h10-12,14H,3-9H2,1-2H3. The van der Waals surface area contributed by atoms with Crippen LogP contribution in [0.1, 0.15) is 39.5 Å². The molecule has 0 aromatic carbocycles. The van der Waals surface area contributed by atoms with Gasteiger partial charge in [-0.2, -0.15) is 0 Å². The Kier molecular flexibility index (Phi) is 3.85. The first kappa shape index (κ1) is 11.9. The Morgan fingerprint density at radius 1 is 1.25 bits per heavy atom. The normalized spacial score (nSPS) is 32.0. The van der Waals surface area contributed by atoms with Crippen molar-refractivity contribution in [1.29, 1.82) is 0 Å². The highest BCUT2D eigenvalue weighted by Gasteiger charge is 2.39. The van der Waals surface area contributed by atoms with Gasteiger partial charge < -0.3 is 10.2 Å². The second kappa shape index (κ2) is 5.17. The lowest BCUT2D eigenvalue weighted by Crippen LogP contribution is -2.43. The molecule has 2 rings (SSSR count). The number of amides is 1. The van der Waals surface area contributed by atoms with Crippen LogP contribution in [-0.4, -0.2) is 36.5 Å². The lowest BCUT2D eigenvalue weighted by Gasteiger charge is -2.25. The number of likely N-dealkylation sites (N-methyl/N-ethyl adjacent to an activating group) is 1. The summed E-state index contributed by atoms with van der Waals surface area (Å²) < 4.78 is 0. The molecule has 16 heavy (non-hydrogen) atoms. The Labute approximate surface area is 98.6 Å². The summed E-state index contributed by atoms with van der Waals surface area (Å²) >= 11 is 0. The molecule has 3 heteroatoms. The fourth-order valence-electron chi connectivity index (χ4n) is 3.40. The van der Waals surface area contributed by atoms with Crippen molar-refractivity contribution in [3.05, 3.63) is 0 Å². The Morgan fingerprint density at radius 3 is 2.50 bits per heavy atom.